The Morgan fingerprint density at radius 1 is 1.04 bits per heavy atom. The summed E-state index contributed by atoms with van der Waals surface area (Å²) in [5.41, 5.74) is 0.948. The fourth-order valence-electron chi connectivity index (χ4n) is 2.22. The first kappa shape index (κ1) is 16.0. The van der Waals surface area contributed by atoms with Gasteiger partial charge < -0.3 is 14.2 Å². The second-order valence-electron chi connectivity index (χ2n) is 4.76. The lowest BCUT2D eigenvalue weighted by molar-refractivity contribution is 0.355. The number of halogens is 1. The zero-order valence-corrected chi connectivity index (χ0v) is 14.5. The third kappa shape index (κ3) is 2.96. The number of aromatic nitrogens is 2. The predicted molar refractivity (Wildman–Crippen MR) is 91.6 cm³/mol. The fraction of sp³-hybridized carbons (Fsp3) is 0.118. The minimum atomic E-state index is 0.317. The van der Waals surface area contributed by atoms with Gasteiger partial charge in [-0.3, -0.25) is 4.98 Å². The van der Waals surface area contributed by atoms with Crippen LogP contribution >= 0.6 is 15.9 Å². The average molecular weight is 386 g/mol. The van der Waals surface area contributed by atoms with E-state index in [0.29, 0.717) is 44.1 Å². The standard InChI is InChI=1S/C17H12BrN3O3/c1-22-14-5-12-13(6-15(14)23-2)20-8-10(7-19)17(12)24-11-3-4-16(18)21-9-11/h3-6,8-9H,1-2H3. The van der Waals surface area contributed by atoms with Gasteiger partial charge in [-0.05, 0) is 34.1 Å². The number of hydrogen-bond acceptors (Lipinski definition) is 6. The molecule has 0 amide bonds. The highest BCUT2D eigenvalue weighted by Crippen LogP contribution is 2.38. The first-order chi connectivity index (χ1) is 11.7. The number of nitriles is 1. The van der Waals surface area contributed by atoms with Crippen LogP contribution in [-0.4, -0.2) is 24.2 Å². The molecule has 0 spiro atoms. The summed E-state index contributed by atoms with van der Waals surface area (Å²) in [6.45, 7) is 0. The third-order valence-electron chi connectivity index (χ3n) is 3.36. The van der Waals surface area contributed by atoms with Crippen molar-refractivity contribution >= 4 is 26.8 Å². The van der Waals surface area contributed by atoms with E-state index >= 15 is 0 Å². The zero-order chi connectivity index (χ0) is 17.1. The van der Waals surface area contributed by atoms with Crippen molar-refractivity contribution in [3.63, 3.8) is 0 Å². The summed E-state index contributed by atoms with van der Waals surface area (Å²) in [7, 11) is 3.10. The molecule has 3 aromatic rings. The molecule has 120 valence electrons. The van der Waals surface area contributed by atoms with E-state index in [2.05, 4.69) is 32.0 Å². The van der Waals surface area contributed by atoms with Crippen LogP contribution in [0.25, 0.3) is 10.9 Å². The molecule has 0 fully saturated rings. The Bertz CT molecular complexity index is 936. The second kappa shape index (κ2) is 6.72. The molecule has 0 atom stereocenters. The van der Waals surface area contributed by atoms with Gasteiger partial charge in [0.1, 0.15) is 22.0 Å². The third-order valence-corrected chi connectivity index (χ3v) is 3.83. The molecular weight excluding hydrogens is 374 g/mol. The summed E-state index contributed by atoms with van der Waals surface area (Å²) in [6.07, 6.45) is 3.04. The van der Waals surface area contributed by atoms with Gasteiger partial charge in [-0.2, -0.15) is 5.26 Å². The highest BCUT2D eigenvalue weighted by atomic mass is 79.9. The number of benzene rings is 1. The Morgan fingerprint density at radius 3 is 2.42 bits per heavy atom. The summed E-state index contributed by atoms with van der Waals surface area (Å²) in [4.78, 5) is 8.41. The molecule has 0 saturated carbocycles. The topological polar surface area (TPSA) is 77.3 Å². The quantitative estimate of drug-likeness (QED) is 0.629. The minimum Gasteiger partial charge on any atom is -0.493 e. The smallest absolute Gasteiger partial charge is 0.162 e. The molecule has 3 rings (SSSR count). The van der Waals surface area contributed by atoms with Crippen LogP contribution in [0.3, 0.4) is 0 Å². The molecule has 24 heavy (non-hydrogen) atoms. The lowest BCUT2D eigenvalue weighted by Gasteiger charge is -2.13. The van der Waals surface area contributed by atoms with Crippen molar-refractivity contribution in [1.29, 1.82) is 5.26 Å². The normalized spacial score (nSPS) is 10.2. The Hall–Kier alpha value is -2.85. The Balaban J connectivity index is 2.19. The maximum atomic E-state index is 9.38. The first-order valence-electron chi connectivity index (χ1n) is 6.90. The van der Waals surface area contributed by atoms with Gasteiger partial charge in [-0.25, -0.2) is 4.98 Å². The van der Waals surface area contributed by atoms with Gasteiger partial charge in [0.15, 0.2) is 17.2 Å². The van der Waals surface area contributed by atoms with Crippen molar-refractivity contribution in [2.24, 2.45) is 0 Å². The first-order valence-corrected chi connectivity index (χ1v) is 7.69. The number of pyridine rings is 2. The minimum absolute atomic E-state index is 0.317. The van der Waals surface area contributed by atoms with Crippen LogP contribution in [0.5, 0.6) is 23.0 Å². The van der Waals surface area contributed by atoms with E-state index < -0.39 is 0 Å². The molecule has 0 aliphatic rings. The van der Waals surface area contributed by atoms with Gasteiger partial charge in [0, 0.05) is 17.6 Å². The van der Waals surface area contributed by atoms with E-state index in [1.807, 2.05) is 0 Å². The van der Waals surface area contributed by atoms with Gasteiger partial charge in [-0.1, -0.05) is 0 Å². The molecule has 0 radical (unpaired) electrons. The number of methoxy groups -OCH3 is 2. The highest BCUT2D eigenvalue weighted by Gasteiger charge is 2.15. The summed E-state index contributed by atoms with van der Waals surface area (Å²) >= 11 is 3.27. The maximum Gasteiger partial charge on any atom is 0.162 e. The van der Waals surface area contributed by atoms with Crippen LogP contribution in [0.15, 0.2) is 41.3 Å². The number of fused-ring (bicyclic) bond motifs is 1. The van der Waals surface area contributed by atoms with Gasteiger partial charge in [0.25, 0.3) is 0 Å². The zero-order valence-electron chi connectivity index (χ0n) is 12.9. The lowest BCUT2D eigenvalue weighted by atomic mass is 10.1. The van der Waals surface area contributed by atoms with Crippen LogP contribution in [0, 0.1) is 11.3 Å². The monoisotopic (exact) mass is 385 g/mol. The van der Waals surface area contributed by atoms with Crippen molar-refractivity contribution in [1.82, 2.24) is 9.97 Å². The van der Waals surface area contributed by atoms with Crippen molar-refractivity contribution in [3.05, 3.63) is 46.8 Å². The van der Waals surface area contributed by atoms with E-state index in [1.54, 1.807) is 44.7 Å². The molecule has 7 heteroatoms. The average Bonchev–Trinajstić information content (AvgIpc) is 2.62. The predicted octanol–water partition coefficient (Wildman–Crippen LogP) is 4.07. The van der Waals surface area contributed by atoms with Gasteiger partial charge in [-0.15, -0.1) is 0 Å². The van der Waals surface area contributed by atoms with Crippen LogP contribution in [-0.2, 0) is 0 Å². The van der Waals surface area contributed by atoms with Crippen molar-refractivity contribution < 1.29 is 14.2 Å². The van der Waals surface area contributed by atoms with Gasteiger partial charge >= 0.3 is 0 Å². The van der Waals surface area contributed by atoms with Crippen molar-refractivity contribution in [2.75, 3.05) is 14.2 Å². The van der Waals surface area contributed by atoms with E-state index in [4.69, 9.17) is 14.2 Å². The van der Waals surface area contributed by atoms with E-state index in [0.717, 1.165) is 0 Å². The van der Waals surface area contributed by atoms with Crippen LogP contribution in [0.1, 0.15) is 5.56 Å². The number of nitrogens with zero attached hydrogens (tertiary/aromatic N) is 3. The largest absolute Gasteiger partial charge is 0.493 e. The van der Waals surface area contributed by atoms with Crippen LogP contribution in [0.4, 0.5) is 0 Å². The van der Waals surface area contributed by atoms with E-state index in [9.17, 15) is 5.26 Å². The fourth-order valence-corrected chi connectivity index (χ4v) is 2.46. The second-order valence-corrected chi connectivity index (χ2v) is 5.57. The molecule has 2 heterocycles. The van der Waals surface area contributed by atoms with Gasteiger partial charge in [0.2, 0.25) is 0 Å². The van der Waals surface area contributed by atoms with Crippen molar-refractivity contribution in [3.8, 4) is 29.1 Å². The Labute approximate surface area is 146 Å². The Kier molecular flexibility index (Phi) is 4.49. The molecule has 0 N–H and O–H groups in total. The molecule has 1 aromatic carbocycles. The molecule has 0 saturated heterocycles. The Morgan fingerprint density at radius 2 is 1.79 bits per heavy atom. The van der Waals surface area contributed by atoms with Crippen LogP contribution in [0.2, 0.25) is 0 Å². The number of ether oxygens (including phenoxy) is 3. The SMILES string of the molecule is COc1cc2ncc(C#N)c(Oc3ccc(Br)nc3)c2cc1OC. The highest BCUT2D eigenvalue weighted by molar-refractivity contribution is 9.10. The van der Waals surface area contributed by atoms with E-state index in [-0.39, 0.29) is 0 Å². The number of rotatable bonds is 4. The molecule has 0 aliphatic heterocycles. The number of hydrogen-bond donors (Lipinski definition) is 0. The lowest BCUT2D eigenvalue weighted by Crippen LogP contribution is -1.96. The van der Waals surface area contributed by atoms with Crippen LogP contribution < -0.4 is 14.2 Å². The maximum absolute atomic E-state index is 9.38. The van der Waals surface area contributed by atoms with Gasteiger partial charge in [0.05, 0.1) is 25.9 Å². The molecular formula is C17H12BrN3O3. The molecule has 0 bridgehead atoms. The molecule has 6 nitrogen and oxygen atoms in total. The summed E-state index contributed by atoms with van der Waals surface area (Å²) in [5.74, 6) is 1.99. The summed E-state index contributed by atoms with van der Waals surface area (Å²) < 4.78 is 17.2. The molecule has 0 unspecified atom stereocenters. The summed E-state index contributed by atoms with van der Waals surface area (Å²) in [6, 6.07) is 9.09. The molecule has 0 aliphatic carbocycles. The summed E-state index contributed by atoms with van der Waals surface area (Å²) in [5, 5.41) is 10.0. The van der Waals surface area contributed by atoms with E-state index in [1.165, 1.54) is 6.20 Å². The molecule has 2 aromatic heterocycles. The van der Waals surface area contributed by atoms with Crippen molar-refractivity contribution in [2.45, 2.75) is 0 Å².